The van der Waals surface area contributed by atoms with E-state index in [4.69, 9.17) is 9.72 Å². The summed E-state index contributed by atoms with van der Waals surface area (Å²) < 4.78 is 5.48. The van der Waals surface area contributed by atoms with Gasteiger partial charge in [-0.1, -0.05) is 42.5 Å². The highest BCUT2D eigenvalue weighted by molar-refractivity contribution is 7.14. The number of nitrogens with zero attached hydrogens (tertiary/aromatic N) is 2. The molecule has 0 aliphatic carbocycles. The number of carbonyl (C=O) groups excluding carboxylic acids is 1. The number of para-hydroxylation sites is 2. The van der Waals surface area contributed by atoms with E-state index in [0.29, 0.717) is 12.3 Å². The van der Waals surface area contributed by atoms with Crippen LogP contribution in [0.5, 0.6) is 5.75 Å². The van der Waals surface area contributed by atoms with Crippen molar-refractivity contribution in [3.05, 3.63) is 60.0 Å². The highest BCUT2D eigenvalue weighted by atomic mass is 32.1. The maximum Gasteiger partial charge on any atom is 0.240 e. The number of amides is 1. The molecule has 0 radical (unpaired) electrons. The van der Waals surface area contributed by atoms with E-state index in [2.05, 4.69) is 5.32 Å². The molecule has 0 aliphatic rings. The lowest BCUT2D eigenvalue weighted by molar-refractivity contribution is -0.119. The van der Waals surface area contributed by atoms with Gasteiger partial charge in [0.25, 0.3) is 0 Å². The molecule has 134 valence electrons. The number of benzene rings is 2. The molecular formula is C20H21N3O2S. The second-order valence-corrected chi connectivity index (χ2v) is 6.43. The van der Waals surface area contributed by atoms with Crippen LogP contribution in [-0.4, -0.2) is 31.1 Å². The Kier molecular flexibility index (Phi) is 5.86. The van der Waals surface area contributed by atoms with Gasteiger partial charge in [-0.05, 0) is 19.1 Å². The topological polar surface area (TPSA) is 54.5 Å². The largest absolute Gasteiger partial charge is 0.495 e. The van der Waals surface area contributed by atoms with Crippen LogP contribution in [0.3, 0.4) is 0 Å². The van der Waals surface area contributed by atoms with Crippen molar-refractivity contribution in [3.63, 3.8) is 0 Å². The van der Waals surface area contributed by atoms with Gasteiger partial charge in [-0.15, -0.1) is 11.3 Å². The third-order valence-corrected chi connectivity index (χ3v) is 4.71. The minimum atomic E-state index is -0.0603. The zero-order chi connectivity index (χ0) is 18.4. The summed E-state index contributed by atoms with van der Waals surface area (Å²) in [4.78, 5) is 18.9. The molecule has 0 saturated heterocycles. The number of aromatic nitrogens is 1. The van der Waals surface area contributed by atoms with Crippen molar-refractivity contribution in [2.24, 2.45) is 0 Å². The predicted octanol–water partition coefficient (Wildman–Crippen LogP) is 4.09. The molecular weight excluding hydrogens is 346 g/mol. The number of carbonyl (C=O) groups is 1. The first-order valence-corrected chi connectivity index (χ1v) is 9.29. The van der Waals surface area contributed by atoms with Crippen LogP contribution >= 0.6 is 11.3 Å². The molecule has 1 heterocycles. The van der Waals surface area contributed by atoms with Crippen molar-refractivity contribution >= 4 is 28.1 Å². The summed E-state index contributed by atoms with van der Waals surface area (Å²) in [5, 5.41) is 5.60. The van der Waals surface area contributed by atoms with Crippen LogP contribution in [0.1, 0.15) is 6.92 Å². The van der Waals surface area contributed by atoms with Crippen LogP contribution in [0.2, 0.25) is 0 Å². The van der Waals surface area contributed by atoms with E-state index in [-0.39, 0.29) is 12.5 Å². The zero-order valence-electron chi connectivity index (χ0n) is 14.8. The molecule has 0 aliphatic heterocycles. The van der Waals surface area contributed by atoms with Crippen LogP contribution in [0.15, 0.2) is 60.0 Å². The van der Waals surface area contributed by atoms with Crippen molar-refractivity contribution < 1.29 is 9.53 Å². The van der Waals surface area contributed by atoms with Gasteiger partial charge >= 0.3 is 0 Å². The number of ether oxygens (including phenoxy) is 1. The number of hydrogen-bond donors (Lipinski definition) is 1. The van der Waals surface area contributed by atoms with Crippen LogP contribution in [-0.2, 0) is 4.79 Å². The second-order valence-electron chi connectivity index (χ2n) is 5.59. The lowest BCUT2D eigenvalue weighted by Gasteiger charge is -2.23. The average molecular weight is 367 g/mol. The maximum absolute atomic E-state index is 12.3. The molecule has 2 aromatic carbocycles. The summed E-state index contributed by atoms with van der Waals surface area (Å²) in [6.07, 6.45) is 0. The first-order chi connectivity index (χ1) is 12.7. The van der Waals surface area contributed by atoms with Gasteiger partial charge in [-0.3, -0.25) is 4.79 Å². The Morgan fingerprint density at radius 1 is 1.15 bits per heavy atom. The Bertz CT molecular complexity index is 864. The highest BCUT2D eigenvalue weighted by Crippen LogP contribution is 2.36. The van der Waals surface area contributed by atoms with Gasteiger partial charge in [0.1, 0.15) is 12.3 Å². The smallest absolute Gasteiger partial charge is 0.240 e. The van der Waals surface area contributed by atoms with E-state index in [0.717, 1.165) is 22.1 Å². The van der Waals surface area contributed by atoms with Gasteiger partial charge in [0, 0.05) is 17.5 Å². The summed E-state index contributed by atoms with van der Waals surface area (Å²) in [5.41, 5.74) is 2.75. The second kappa shape index (κ2) is 8.49. The lowest BCUT2D eigenvalue weighted by atomic mass is 10.2. The van der Waals surface area contributed by atoms with E-state index < -0.39 is 0 Å². The fourth-order valence-corrected chi connectivity index (χ4v) is 3.48. The monoisotopic (exact) mass is 367 g/mol. The van der Waals surface area contributed by atoms with Gasteiger partial charge in [-0.2, -0.15) is 0 Å². The van der Waals surface area contributed by atoms with E-state index >= 15 is 0 Å². The van der Waals surface area contributed by atoms with Crippen molar-refractivity contribution in [3.8, 4) is 17.0 Å². The summed E-state index contributed by atoms with van der Waals surface area (Å²) >= 11 is 1.51. The number of nitrogens with one attached hydrogen (secondary N) is 1. The van der Waals surface area contributed by atoms with Gasteiger partial charge in [0.2, 0.25) is 5.91 Å². The number of rotatable bonds is 7. The minimum Gasteiger partial charge on any atom is -0.495 e. The Hall–Kier alpha value is -2.86. The number of anilines is 2. The summed E-state index contributed by atoms with van der Waals surface area (Å²) in [6.45, 7) is 2.67. The molecule has 0 fully saturated rings. The summed E-state index contributed by atoms with van der Waals surface area (Å²) in [7, 11) is 1.63. The lowest BCUT2D eigenvalue weighted by Crippen LogP contribution is -2.34. The van der Waals surface area contributed by atoms with Crippen LogP contribution < -0.4 is 15.0 Å². The molecule has 5 nitrogen and oxygen atoms in total. The molecule has 1 aromatic heterocycles. The molecule has 0 unspecified atom stereocenters. The van der Waals surface area contributed by atoms with Crippen molar-refractivity contribution in [1.82, 2.24) is 10.3 Å². The Labute approximate surface area is 157 Å². The first kappa shape index (κ1) is 17.9. The summed E-state index contributed by atoms with van der Waals surface area (Å²) in [5.74, 6) is 0.642. The molecule has 0 saturated carbocycles. The average Bonchev–Trinajstić information content (AvgIpc) is 3.17. The third-order valence-electron chi connectivity index (χ3n) is 3.84. The minimum absolute atomic E-state index is 0.0603. The standard InChI is InChI=1S/C20H21N3O2S/c1-3-21-19(24)13-23(17-11-7-8-12-18(17)25-2)20-22-16(14-26-20)15-9-5-4-6-10-15/h4-12,14H,3,13H2,1-2H3,(H,21,24). The van der Waals surface area contributed by atoms with Crippen LogP contribution in [0, 0.1) is 0 Å². The Morgan fingerprint density at radius 3 is 2.62 bits per heavy atom. The molecule has 0 atom stereocenters. The molecule has 1 amide bonds. The molecule has 0 bridgehead atoms. The molecule has 0 spiro atoms. The fourth-order valence-electron chi connectivity index (χ4n) is 2.64. The number of likely N-dealkylation sites (N-methyl/N-ethyl adjacent to an activating group) is 1. The van der Waals surface area contributed by atoms with Crippen molar-refractivity contribution in [2.45, 2.75) is 6.92 Å². The molecule has 3 rings (SSSR count). The maximum atomic E-state index is 12.3. The van der Waals surface area contributed by atoms with E-state index in [1.54, 1.807) is 7.11 Å². The Morgan fingerprint density at radius 2 is 1.88 bits per heavy atom. The third kappa shape index (κ3) is 4.03. The number of hydrogen-bond acceptors (Lipinski definition) is 5. The highest BCUT2D eigenvalue weighted by Gasteiger charge is 2.20. The van der Waals surface area contributed by atoms with Gasteiger partial charge in [0.15, 0.2) is 5.13 Å². The predicted molar refractivity (Wildman–Crippen MR) is 106 cm³/mol. The van der Waals surface area contributed by atoms with Gasteiger partial charge in [0.05, 0.1) is 18.5 Å². The normalized spacial score (nSPS) is 10.4. The van der Waals surface area contributed by atoms with E-state index in [1.165, 1.54) is 11.3 Å². The Balaban J connectivity index is 1.98. The van der Waals surface area contributed by atoms with Crippen LogP contribution in [0.4, 0.5) is 10.8 Å². The first-order valence-electron chi connectivity index (χ1n) is 8.41. The number of methoxy groups -OCH3 is 1. The van der Waals surface area contributed by atoms with E-state index in [9.17, 15) is 4.79 Å². The van der Waals surface area contributed by atoms with Crippen molar-refractivity contribution in [1.29, 1.82) is 0 Å². The zero-order valence-corrected chi connectivity index (χ0v) is 15.6. The van der Waals surface area contributed by atoms with Gasteiger partial charge < -0.3 is 15.0 Å². The van der Waals surface area contributed by atoms with Gasteiger partial charge in [-0.25, -0.2) is 4.98 Å². The molecule has 26 heavy (non-hydrogen) atoms. The number of thiazole rings is 1. The molecule has 3 aromatic rings. The molecule has 1 N–H and O–H groups in total. The molecule has 6 heteroatoms. The summed E-state index contributed by atoms with van der Waals surface area (Å²) in [6, 6.07) is 17.6. The van der Waals surface area contributed by atoms with Crippen molar-refractivity contribution in [2.75, 3.05) is 25.1 Å². The van der Waals surface area contributed by atoms with Crippen LogP contribution in [0.25, 0.3) is 11.3 Å². The fraction of sp³-hybridized carbons (Fsp3) is 0.200. The SMILES string of the molecule is CCNC(=O)CN(c1nc(-c2ccccc2)cs1)c1ccccc1OC. The van der Waals surface area contributed by atoms with E-state index in [1.807, 2.05) is 71.8 Å². The quantitative estimate of drug-likeness (QED) is 0.683.